The lowest BCUT2D eigenvalue weighted by molar-refractivity contribution is -0.138. The number of carboxylic acids is 1. The van der Waals surface area contributed by atoms with E-state index in [1.54, 1.807) is 48.5 Å². The minimum absolute atomic E-state index is 0.234. The molecular weight excluding hydrogens is 374 g/mol. The zero-order chi connectivity index (χ0) is 21.2. The van der Waals surface area contributed by atoms with Crippen LogP contribution in [0.2, 0.25) is 0 Å². The first-order valence-electron chi connectivity index (χ1n) is 9.27. The number of hydrogen-bond donors (Lipinski definition) is 4. The van der Waals surface area contributed by atoms with Crippen LogP contribution >= 0.6 is 0 Å². The number of nitrogens with one attached hydrogen (secondary N) is 3. The number of anilines is 3. The third kappa shape index (κ3) is 7.17. The van der Waals surface area contributed by atoms with Crippen molar-refractivity contribution in [3.8, 4) is 5.75 Å². The van der Waals surface area contributed by atoms with Gasteiger partial charge in [0.05, 0.1) is 18.7 Å². The van der Waals surface area contributed by atoms with Crippen molar-refractivity contribution in [1.82, 2.24) is 0 Å². The summed E-state index contributed by atoms with van der Waals surface area (Å²) in [5.74, 6) is -1.32. The van der Waals surface area contributed by atoms with E-state index in [2.05, 4.69) is 16.0 Å². The molecule has 2 aromatic carbocycles. The van der Waals surface area contributed by atoms with E-state index < -0.39 is 24.3 Å². The monoisotopic (exact) mass is 399 g/mol. The van der Waals surface area contributed by atoms with Crippen LogP contribution in [0.25, 0.3) is 0 Å². The Morgan fingerprint density at radius 1 is 1.03 bits per heavy atom. The number of carbonyl (C=O) groups excluding carboxylic acids is 2. The van der Waals surface area contributed by atoms with Crippen molar-refractivity contribution in [2.24, 2.45) is 0 Å². The highest BCUT2D eigenvalue weighted by molar-refractivity contribution is 5.99. The Bertz CT molecular complexity index is 869. The van der Waals surface area contributed by atoms with Gasteiger partial charge in [0.25, 0.3) is 0 Å². The van der Waals surface area contributed by atoms with E-state index >= 15 is 0 Å². The summed E-state index contributed by atoms with van der Waals surface area (Å²) in [6.45, 7) is 3.87. The van der Waals surface area contributed by atoms with Gasteiger partial charge in [0.1, 0.15) is 11.8 Å². The summed E-state index contributed by atoms with van der Waals surface area (Å²) in [6, 6.07) is 12.6. The topological polar surface area (TPSA) is 117 Å². The van der Waals surface area contributed by atoms with Crippen molar-refractivity contribution >= 4 is 34.8 Å². The number of benzene rings is 2. The van der Waals surface area contributed by atoms with Gasteiger partial charge in [0, 0.05) is 18.3 Å². The summed E-state index contributed by atoms with van der Waals surface area (Å²) in [5, 5.41) is 17.5. The minimum Gasteiger partial charge on any atom is -0.491 e. The van der Waals surface area contributed by atoms with Crippen LogP contribution in [0.5, 0.6) is 5.75 Å². The Hall–Kier alpha value is -3.55. The summed E-state index contributed by atoms with van der Waals surface area (Å²) < 4.78 is 5.66. The minimum atomic E-state index is -1.11. The number of amides is 2. The summed E-state index contributed by atoms with van der Waals surface area (Å²) in [4.78, 5) is 35.2. The highest BCUT2D eigenvalue weighted by Crippen LogP contribution is 2.25. The number of para-hydroxylation sites is 2. The first kappa shape index (κ1) is 21.7. The second-order valence-corrected chi connectivity index (χ2v) is 6.39. The zero-order valence-electron chi connectivity index (χ0n) is 16.4. The van der Waals surface area contributed by atoms with E-state index in [-0.39, 0.29) is 5.91 Å². The first-order valence-corrected chi connectivity index (χ1v) is 9.27. The second kappa shape index (κ2) is 10.7. The van der Waals surface area contributed by atoms with E-state index in [0.717, 1.165) is 6.42 Å². The van der Waals surface area contributed by atoms with Gasteiger partial charge in [0.15, 0.2) is 0 Å². The van der Waals surface area contributed by atoms with Crippen molar-refractivity contribution in [2.75, 3.05) is 22.6 Å². The summed E-state index contributed by atoms with van der Waals surface area (Å²) >= 11 is 0. The van der Waals surface area contributed by atoms with Crippen LogP contribution in [0, 0.1) is 0 Å². The van der Waals surface area contributed by atoms with E-state index in [9.17, 15) is 19.5 Å². The van der Waals surface area contributed by atoms with Crippen molar-refractivity contribution in [1.29, 1.82) is 0 Å². The molecule has 2 aromatic rings. The normalized spacial score (nSPS) is 11.2. The quantitative estimate of drug-likeness (QED) is 0.487. The summed E-state index contributed by atoms with van der Waals surface area (Å²) in [6.07, 6.45) is 0.400. The van der Waals surface area contributed by atoms with Crippen LogP contribution in [0.15, 0.2) is 48.5 Å². The maximum atomic E-state index is 12.7. The molecule has 8 heteroatoms. The zero-order valence-corrected chi connectivity index (χ0v) is 16.4. The largest absolute Gasteiger partial charge is 0.491 e. The Kier molecular flexibility index (Phi) is 8.02. The maximum Gasteiger partial charge on any atom is 0.305 e. The number of carboxylic acid groups (broad SMARTS) is 1. The fourth-order valence-electron chi connectivity index (χ4n) is 2.60. The molecule has 0 radical (unpaired) electrons. The molecule has 0 saturated heterocycles. The van der Waals surface area contributed by atoms with E-state index in [4.69, 9.17) is 4.74 Å². The predicted octanol–water partition coefficient (Wildman–Crippen LogP) is 3.33. The van der Waals surface area contributed by atoms with Gasteiger partial charge in [-0.25, -0.2) is 0 Å². The number of ether oxygens (including phenoxy) is 1. The average Bonchev–Trinajstić information content (AvgIpc) is 2.66. The third-order valence-electron chi connectivity index (χ3n) is 3.82. The van der Waals surface area contributed by atoms with Gasteiger partial charge in [0.2, 0.25) is 11.8 Å². The third-order valence-corrected chi connectivity index (χ3v) is 3.82. The Morgan fingerprint density at radius 2 is 1.72 bits per heavy atom. The molecule has 0 aliphatic heterocycles. The van der Waals surface area contributed by atoms with E-state index in [1.807, 2.05) is 6.92 Å². The number of carbonyl (C=O) groups is 3. The molecule has 0 heterocycles. The Labute approximate surface area is 169 Å². The molecule has 0 bridgehead atoms. The highest BCUT2D eigenvalue weighted by atomic mass is 16.5. The van der Waals surface area contributed by atoms with Gasteiger partial charge >= 0.3 is 5.97 Å². The summed E-state index contributed by atoms with van der Waals surface area (Å²) in [5.41, 5.74) is 1.50. The number of aliphatic carboxylic acids is 1. The SMILES string of the molecule is CCCOc1ccccc1N[C@H](CC(=O)O)C(=O)Nc1cccc(NC(C)=O)c1. The van der Waals surface area contributed by atoms with Crippen LogP contribution in [-0.4, -0.2) is 35.5 Å². The Morgan fingerprint density at radius 3 is 2.38 bits per heavy atom. The lowest BCUT2D eigenvalue weighted by atomic mass is 10.1. The van der Waals surface area contributed by atoms with Gasteiger partial charge < -0.3 is 25.8 Å². The van der Waals surface area contributed by atoms with Gasteiger partial charge in [-0.1, -0.05) is 25.1 Å². The number of hydrogen-bond acceptors (Lipinski definition) is 5. The molecule has 2 amide bonds. The summed E-state index contributed by atoms with van der Waals surface area (Å²) in [7, 11) is 0. The molecular formula is C21H25N3O5. The molecule has 0 aromatic heterocycles. The highest BCUT2D eigenvalue weighted by Gasteiger charge is 2.23. The van der Waals surface area contributed by atoms with E-state index in [1.165, 1.54) is 6.92 Å². The fourth-order valence-corrected chi connectivity index (χ4v) is 2.60. The number of rotatable bonds is 10. The molecule has 0 fully saturated rings. The van der Waals surface area contributed by atoms with Crippen LogP contribution in [0.4, 0.5) is 17.1 Å². The molecule has 154 valence electrons. The standard InChI is InChI=1S/C21H25N3O5/c1-3-11-29-19-10-5-4-9-17(19)24-18(13-20(26)27)21(28)23-16-8-6-7-15(12-16)22-14(2)25/h4-10,12,18,24H,3,11,13H2,1-2H3,(H,22,25)(H,23,28)(H,26,27)/t18-/m1/s1. The fraction of sp³-hybridized carbons (Fsp3) is 0.286. The molecule has 0 aliphatic rings. The van der Waals surface area contributed by atoms with Crippen LogP contribution < -0.4 is 20.7 Å². The van der Waals surface area contributed by atoms with Crippen molar-refractivity contribution in [3.05, 3.63) is 48.5 Å². The molecule has 2 rings (SSSR count). The van der Waals surface area contributed by atoms with Crippen LogP contribution in [0.3, 0.4) is 0 Å². The van der Waals surface area contributed by atoms with Crippen LogP contribution in [0.1, 0.15) is 26.7 Å². The molecule has 0 saturated carbocycles. The first-order chi connectivity index (χ1) is 13.9. The molecule has 1 atom stereocenters. The smallest absolute Gasteiger partial charge is 0.305 e. The van der Waals surface area contributed by atoms with Crippen molar-refractivity contribution in [2.45, 2.75) is 32.7 Å². The average molecular weight is 399 g/mol. The lowest BCUT2D eigenvalue weighted by Gasteiger charge is -2.20. The van der Waals surface area contributed by atoms with E-state index in [0.29, 0.717) is 29.4 Å². The molecule has 29 heavy (non-hydrogen) atoms. The lowest BCUT2D eigenvalue weighted by Crippen LogP contribution is -2.36. The van der Waals surface area contributed by atoms with Crippen LogP contribution in [-0.2, 0) is 14.4 Å². The van der Waals surface area contributed by atoms with Gasteiger partial charge in [-0.15, -0.1) is 0 Å². The van der Waals surface area contributed by atoms with Gasteiger partial charge in [-0.3, -0.25) is 14.4 Å². The van der Waals surface area contributed by atoms with Crippen molar-refractivity contribution in [3.63, 3.8) is 0 Å². The molecule has 0 aliphatic carbocycles. The molecule has 0 unspecified atom stereocenters. The maximum absolute atomic E-state index is 12.7. The molecule has 0 spiro atoms. The van der Waals surface area contributed by atoms with Crippen molar-refractivity contribution < 1.29 is 24.2 Å². The Balaban J connectivity index is 2.17. The molecule has 8 nitrogen and oxygen atoms in total. The van der Waals surface area contributed by atoms with Gasteiger partial charge in [-0.05, 0) is 36.8 Å². The predicted molar refractivity (Wildman–Crippen MR) is 111 cm³/mol. The molecule has 4 N–H and O–H groups in total. The second-order valence-electron chi connectivity index (χ2n) is 6.39. The van der Waals surface area contributed by atoms with Gasteiger partial charge in [-0.2, -0.15) is 0 Å².